The minimum atomic E-state index is 1.07. The van der Waals surface area contributed by atoms with E-state index in [9.17, 15) is 0 Å². The first-order valence-corrected chi connectivity index (χ1v) is 3.64. The first-order chi connectivity index (χ1) is 4.86. The van der Waals surface area contributed by atoms with Crippen LogP contribution in [0.1, 0.15) is 12.1 Å². The van der Waals surface area contributed by atoms with Crippen molar-refractivity contribution < 1.29 is 0 Å². The number of rotatable bonds is 0. The van der Waals surface area contributed by atoms with E-state index >= 15 is 0 Å². The third-order valence-electron chi connectivity index (χ3n) is 1.75. The molecule has 1 aromatic heterocycles. The molecular formula is C7H11N3. The van der Waals surface area contributed by atoms with Gasteiger partial charge in [0.2, 0.25) is 0 Å². The van der Waals surface area contributed by atoms with Crippen LogP contribution in [0.25, 0.3) is 0 Å². The van der Waals surface area contributed by atoms with Crippen LogP contribution in [0, 0.1) is 6.92 Å². The van der Waals surface area contributed by atoms with Gasteiger partial charge in [0.1, 0.15) is 5.82 Å². The molecule has 3 heteroatoms. The Kier molecular flexibility index (Phi) is 1.16. The van der Waals surface area contributed by atoms with Crippen molar-refractivity contribution in [3.63, 3.8) is 0 Å². The maximum Gasteiger partial charge on any atom is 0.124 e. The smallest absolute Gasteiger partial charge is 0.124 e. The molecule has 1 aliphatic heterocycles. The molecular weight excluding hydrogens is 126 g/mol. The van der Waals surface area contributed by atoms with Crippen LogP contribution >= 0.6 is 0 Å². The molecule has 0 radical (unpaired) electrons. The van der Waals surface area contributed by atoms with Crippen molar-refractivity contribution in [3.8, 4) is 0 Å². The van der Waals surface area contributed by atoms with Crippen molar-refractivity contribution in [2.45, 2.75) is 19.9 Å². The van der Waals surface area contributed by atoms with Gasteiger partial charge in [0.05, 0.1) is 5.69 Å². The van der Waals surface area contributed by atoms with E-state index in [-0.39, 0.29) is 0 Å². The maximum absolute atomic E-state index is 4.31. The van der Waals surface area contributed by atoms with E-state index < -0.39 is 0 Å². The van der Waals surface area contributed by atoms with E-state index in [0.717, 1.165) is 18.8 Å². The molecule has 1 N–H and O–H groups in total. The largest absolute Gasteiger partial charge is 0.370 e. The number of fused-ring (bicyclic) bond motifs is 1. The SMILES string of the molecule is Cc1cc2n(n1)CCCN2. The number of nitrogens with one attached hydrogen (secondary N) is 1. The summed E-state index contributed by atoms with van der Waals surface area (Å²) >= 11 is 0. The average Bonchev–Trinajstić information content (AvgIpc) is 2.27. The van der Waals surface area contributed by atoms with Crippen LogP contribution in [-0.2, 0) is 6.54 Å². The minimum absolute atomic E-state index is 1.07. The van der Waals surface area contributed by atoms with Gasteiger partial charge in [-0.2, -0.15) is 5.10 Å². The lowest BCUT2D eigenvalue weighted by Gasteiger charge is -2.14. The Bertz CT molecular complexity index is 215. The normalized spacial score (nSPS) is 16.1. The second-order valence-corrected chi connectivity index (χ2v) is 2.67. The van der Waals surface area contributed by atoms with Crippen molar-refractivity contribution in [3.05, 3.63) is 11.8 Å². The first kappa shape index (κ1) is 5.77. The quantitative estimate of drug-likeness (QED) is 0.578. The van der Waals surface area contributed by atoms with Crippen LogP contribution in [-0.4, -0.2) is 16.3 Å². The Morgan fingerprint density at radius 3 is 3.40 bits per heavy atom. The highest BCUT2D eigenvalue weighted by atomic mass is 15.3. The molecule has 0 amide bonds. The summed E-state index contributed by atoms with van der Waals surface area (Å²) in [6, 6.07) is 2.08. The summed E-state index contributed by atoms with van der Waals surface area (Å²) in [5, 5.41) is 7.59. The zero-order valence-corrected chi connectivity index (χ0v) is 6.09. The van der Waals surface area contributed by atoms with Gasteiger partial charge >= 0.3 is 0 Å². The van der Waals surface area contributed by atoms with Crippen molar-refractivity contribution in [2.75, 3.05) is 11.9 Å². The molecule has 0 spiro atoms. The predicted octanol–water partition coefficient (Wildman–Crippen LogP) is 1.01. The summed E-state index contributed by atoms with van der Waals surface area (Å²) in [5.74, 6) is 1.17. The van der Waals surface area contributed by atoms with Gasteiger partial charge < -0.3 is 5.32 Å². The number of aromatic nitrogens is 2. The minimum Gasteiger partial charge on any atom is -0.370 e. The number of nitrogens with zero attached hydrogens (tertiary/aromatic N) is 2. The van der Waals surface area contributed by atoms with Crippen LogP contribution in [0.4, 0.5) is 5.82 Å². The van der Waals surface area contributed by atoms with Crippen molar-refractivity contribution >= 4 is 5.82 Å². The fourth-order valence-corrected chi connectivity index (χ4v) is 1.30. The molecule has 10 heavy (non-hydrogen) atoms. The molecule has 1 aliphatic rings. The second-order valence-electron chi connectivity index (χ2n) is 2.67. The standard InChI is InChI=1S/C7H11N3/c1-6-5-7-8-3-2-4-10(7)9-6/h5,8H,2-4H2,1H3. The van der Waals surface area contributed by atoms with Gasteiger partial charge in [-0.1, -0.05) is 0 Å². The molecule has 0 aromatic carbocycles. The van der Waals surface area contributed by atoms with Gasteiger partial charge in [0, 0.05) is 19.2 Å². The highest BCUT2D eigenvalue weighted by Crippen LogP contribution is 2.13. The predicted molar refractivity (Wildman–Crippen MR) is 40.1 cm³/mol. The summed E-state index contributed by atoms with van der Waals surface area (Å²) in [5.41, 5.74) is 1.10. The lowest BCUT2D eigenvalue weighted by Crippen LogP contribution is -2.17. The molecule has 2 rings (SSSR count). The first-order valence-electron chi connectivity index (χ1n) is 3.64. The second kappa shape index (κ2) is 2.01. The van der Waals surface area contributed by atoms with Crippen LogP contribution in [0.15, 0.2) is 6.07 Å². The van der Waals surface area contributed by atoms with Gasteiger partial charge in [0.25, 0.3) is 0 Å². The molecule has 3 nitrogen and oxygen atoms in total. The molecule has 54 valence electrons. The molecule has 0 saturated carbocycles. The maximum atomic E-state index is 4.31. The Labute approximate surface area is 60.0 Å². The van der Waals surface area contributed by atoms with E-state index in [1.54, 1.807) is 0 Å². The van der Waals surface area contributed by atoms with Gasteiger partial charge in [-0.15, -0.1) is 0 Å². The van der Waals surface area contributed by atoms with E-state index in [0.29, 0.717) is 0 Å². The summed E-state index contributed by atoms with van der Waals surface area (Å²) in [7, 11) is 0. The molecule has 0 aliphatic carbocycles. The van der Waals surface area contributed by atoms with Gasteiger partial charge in [-0.3, -0.25) is 0 Å². The molecule has 0 unspecified atom stereocenters. The van der Waals surface area contributed by atoms with E-state index in [2.05, 4.69) is 16.5 Å². The van der Waals surface area contributed by atoms with Crippen LogP contribution < -0.4 is 5.32 Å². The third kappa shape index (κ3) is 0.781. The topological polar surface area (TPSA) is 29.9 Å². The number of aryl methyl sites for hydroxylation is 2. The number of hydrogen-bond acceptors (Lipinski definition) is 2. The summed E-state index contributed by atoms with van der Waals surface area (Å²) in [6.07, 6.45) is 1.19. The zero-order chi connectivity index (χ0) is 6.97. The van der Waals surface area contributed by atoms with Gasteiger partial charge in [-0.05, 0) is 13.3 Å². The molecule has 0 atom stereocenters. The summed E-state index contributed by atoms with van der Waals surface area (Å²) < 4.78 is 2.03. The Morgan fingerprint density at radius 1 is 1.70 bits per heavy atom. The molecule has 0 bridgehead atoms. The van der Waals surface area contributed by atoms with Gasteiger partial charge in [0.15, 0.2) is 0 Å². The van der Waals surface area contributed by atoms with Gasteiger partial charge in [-0.25, -0.2) is 4.68 Å². The fraction of sp³-hybridized carbons (Fsp3) is 0.571. The number of hydrogen-bond donors (Lipinski definition) is 1. The third-order valence-corrected chi connectivity index (χ3v) is 1.75. The van der Waals surface area contributed by atoms with E-state index in [4.69, 9.17) is 0 Å². The summed E-state index contributed by atoms with van der Waals surface area (Å²) in [6.45, 7) is 4.17. The number of anilines is 1. The average molecular weight is 137 g/mol. The zero-order valence-electron chi connectivity index (χ0n) is 6.09. The highest BCUT2D eigenvalue weighted by Gasteiger charge is 2.07. The van der Waals surface area contributed by atoms with Crippen molar-refractivity contribution in [1.29, 1.82) is 0 Å². The molecule has 0 fully saturated rings. The lowest BCUT2D eigenvalue weighted by atomic mass is 10.3. The Balaban J connectivity index is 2.41. The van der Waals surface area contributed by atoms with Crippen LogP contribution in [0.3, 0.4) is 0 Å². The molecule has 1 aromatic rings. The van der Waals surface area contributed by atoms with Crippen molar-refractivity contribution in [1.82, 2.24) is 9.78 Å². The van der Waals surface area contributed by atoms with E-state index in [1.165, 1.54) is 12.2 Å². The van der Waals surface area contributed by atoms with E-state index in [1.807, 2.05) is 11.6 Å². The summed E-state index contributed by atoms with van der Waals surface area (Å²) in [4.78, 5) is 0. The highest BCUT2D eigenvalue weighted by molar-refractivity contribution is 5.37. The Morgan fingerprint density at radius 2 is 2.60 bits per heavy atom. The van der Waals surface area contributed by atoms with Crippen molar-refractivity contribution in [2.24, 2.45) is 0 Å². The van der Waals surface area contributed by atoms with Crippen LogP contribution in [0.2, 0.25) is 0 Å². The fourth-order valence-electron chi connectivity index (χ4n) is 1.30. The molecule has 0 saturated heterocycles. The monoisotopic (exact) mass is 137 g/mol. The van der Waals surface area contributed by atoms with Crippen LogP contribution in [0.5, 0.6) is 0 Å². The Hall–Kier alpha value is -0.990. The lowest BCUT2D eigenvalue weighted by molar-refractivity contribution is 0.564. The molecule has 2 heterocycles.